The Morgan fingerprint density at radius 1 is 1.15 bits per heavy atom. The van der Waals surface area contributed by atoms with Gasteiger partial charge in [-0.05, 0) is 25.2 Å². The summed E-state index contributed by atoms with van der Waals surface area (Å²) < 4.78 is 1.24. The number of benzene rings is 1. The lowest BCUT2D eigenvalue weighted by molar-refractivity contribution is -0.845. The summed E-state index contributed by atoms with van der Waals surface area (Å²) in [6, 6.07) is 10.9. The molecule has 105 valence electrons. The number of rotatable bonds is 3. The smallest absolute Gasteiger partial charge is 0.312 e. The molecule has 2 bridgehead atoms. The maximum absolute atomic E-state index is 4.49. The summed E-state index contributed by atoms with van der Waals surface area (Å²) in [5, 5.41) is 0. The highest BCUT2D eigenvalue weighted by Gasteiger charge is 2.40. The van der Waals surface area contributed by atoms with Crippen LogP contribution in [0.3, 0.4) is 0 Å². The van der Waals surface area contributed by atoms with Gasteiger partial charge in [-0.1, -0.05) is 35.9 Å². The SMILES string of the molecule is CC[N+]#C[B-](Cc1ccccc1)[N+]12CCC(CC1)CC2. The second-order valence-corrected chi connectivity index (χ2v) is 6.43. The molecule has 0 aliphatic carbocycles. The molecule has 3 saturated heterocycles. The van der Waals surface area contributed by atoms with Crippen LogP contribution in [0.25, 0.3) is 4.85 Å². The molecule has 0 atom stereocenters. The molecule has 3 heteroatoms. The van der Waals surface area contributed by atoms with Gasteiger partial charge in [-0.25, -0.2) is 0 Å². The normalized spacial score (nSPS) is 28.2. The number of hydrogen-bond acceptors (Lipinski definition) is 0. The van der Waals surface area contributed by atoms with Crippen molar-refractivity contribution in [2.24, 2.45) is 5.92 Å². The van der Waals surface area contributed by atoms with Crippen LogP contribution in [-0.2, 0) is 6.32 Å². The minimum absolute atomic E-state index is 0.457. The topological polar surface area (TPSA) is 4.36 Å². The third-order valence-corrected chi connectivity index (χ3v) is 5.28. The fraction of sp³-hybridized carbons (Fsp3) is 0.588. The Labute approximate surface area is 123 Å². The van der Waals surface area contributed by atoms with E-state index in [1.807, 2.05) is 0 Å². The van der Waals surface area contributed by atoms with Crippen LogP contribution in [0.1, 0.15) is 31.7 Å². The lowest BCUT2D eigenvalue weighted by atomic mass is 9.52. The minimum Gasteiger partial charge on any atom is -0.521 e. The molecule has 1 aromatic carbocycles. The van der Waals surface area contributed by atoms with E-state index in [0.29, 0.717) is 6.85 Å². The fourth-order valence-electron chi connectivity index (χ4n) is 3.95. The molecular formula is C17H25BN2+. The van der Waals surface area contributed by atoms with Crippen molar-refractivity contribution >= 4 is 6.85 Å². The van der Waals surface area contributed by atoms with Gasteiger partial charge in [0.05, 0.1) is 5.97 Å². The fourth-order valence-corrected chi connectivity index (χ4v) is 3.95. The summed E-state index contributed by atoms with van der Waals surface area (Å²) in [4.78, 5) is 4.49. The Bertz CT molecular complexity index is 481. The van der Waals surface area contributed by atoms with Crippen LogP contribution in [0.2, 0.25) is 0 Å². The second kappa shape index (κ2) is 6.02. The first kappa shape index (κ1) is 13.7. The lowest BCUT2D eigenvalue weighted by Crippen LogP contribution is -2.66. The van der Waals surface area contributed by atoms with Crippen LogP contribution >= 0.6 is 0 Å². The summed E-state index contributed by atoms with van der Waals surface area (Å²) >= 11 is 0. The molecule has 3 heterocycles. The molecule has 0 N–H and O–H groups in total. The van der Waals surface area contributed by atoms with Gasteiger partial charge < -0.3 is 4.39 Å². The van der Waals surface area contributed by atoms with Gasteiger partial charge in [-0.15, -0.1) is 11.2 Å². The van der Waals surface area contributed by atoms with Crippen LogP contribution in [0.5, 0.6) is 0 Å². The van der Waals surface area contributed by atoms with Crippen LogP contribution in [-0.4, -0.2) is 37.4 Å². The number of hydrogen-bond donors (Lipinski definition) is 0. The van der Waals surface area contributed by atoms with Crippen molar-refractivity contribution in [1.82, 2.24) is 0 Å². The monoisotopic (exact) mass is 268 g/mol. The van der Waals surface area contributed by atoms with Gasteiger partial charge in [0.25, 0.3) is 6.54 Å². The maximum atomic E-state index is 4.49. The van der Waals surface area contributed by atoms with Crippen molar-refractivity contribution in [1.29, 1.82) is 0 Å². The molecule has 3 aliphatic rings. The molecule has 20 heavy (non-hydrogen) atoms. The van der Waals surface area contributed by atoms with Gasteiger partial charge in [-0.3, -0.25) is 0 Å². The van der Waals surface area contributed by atoms with Gasteiger partial charge in [0, 0.05) is 26.6 Å². The quantitative estimate of drug-likeness (QED) is 0.741. The lowest BCUT2D eigenvalue weighted by Gasteiger charge is -2.59. The van der Waals surface area contributed by atoms with E-state index in [4.69, 9.17) is 0 Å². The van der Waals surface area contributed by atoms with E-state index in [0.717, 1.165) is 18.8 Å². The first-order valence-corrected chi connectivity index (χ1v) is 8.14. The van der Waals surface area contributed by atoms with E-state index in [2.05, 4.69) is 48.1 Å². The van der Waals surface area contributed by atoms with Crippen molar-refractivity contribution in [3.63, 3.8) is 0 Å². The molecule has 0 amide bonds. The zero-order valence-corrected chi connectivity index (χ0v) is 12.6. The molecule has 1 aromatic rings. The van der Waals surface area contributed by atoms with E-state index < -0.39 is 0 Å². The highest BCUT2D eigenvalue weighted by atomic mass is 15.3. The van der Waals surface area contributed by atoms with E-state index in [1.54, 1.807) is 0 Å². The molecule has 2 nitrogen and oxygen atoms in total. The first-order chi connectivity index (χ1) is 9.82. The third kappa shape index (κ3) is 2.76. The number of quaternary nitrogens is 1. The van der Waals surface area contributed by atoms with Crippen LogP contribution in [0, 0.1) is 11.9 Å². The van der Waals surface area contributed by atoms with Crippen molar-refractivity contribution in [3.8, 4) is 5.97 Å². The van der Waals surface area contributed by atoms with Crippen LogP contribution in [0.4, 0.5) is 0 Å². The van der Waals surface area contributed by atoms with Crippen molar-refractivity contribution in [2.45, 2.75) is 32.5 Å². The summed E-state index contributed by atoms with van der Waals surface area (Å²) in [6.45, 7) is 7.44. The molecule has 0 saturated carbocycles. The molecule has 3 aliphatic heterocycles. The molecule has 3 fully saturated rings. The zero-order chi connectivity index (χ0) is 13.8. The first-order valence-electron chi connectivity index (χ1n) is 8.14. The second-order valence-electron chi connectivity index (χ2n) is 6.43. The molecule has 0 unspecified atom stereocenters. The molecule has 0 aromatic heterocycles. The van der Waals surface area contributed by atoms with Crippen molar-refractivity contribution in [2.75, 3.05) is 26.2 Å². The number of fused-ring (bicyclic) bond motifs is 3. The highest BCUT2D eigenvalue weighted by molar-refractivity contribution is 6.59. The summed E-state index contributed by atoms with van der Waals surface area (Å²) in [7, 11) is 0. The summed E-state index contributed by atoms with van der Waals surface area (Å²) in [6.07, 6.45) is 5.34. The number of nitrogens with zero attached hydrogens (tertiary/aromatic N) is 2. The Balaban J connectivity index is 1.82. The Hall–Kier alpha value is -1.27. The Morgan fingerprint density at radius 3 is 2.40 bits per heavy atom. The summed E-state index contributed by atoms with van der Waals surface area (Å²) in [5.74, 6) is 4.51. The summed E-state index contributed by atoms with van der Waals surface area (Å²) in [5.41, 5.74) is 1.43. The van der Waals surface area contributed by atoms with Crippen LogP contribution in [0.15, 0.2) is 30.3 Å². The number of piperidine rings is 3. The van der Waals surface area contributed by atoms with Gasteiger partial charge in [0.2, 0.25) is 0 Å². The standard InChI is InChI=1S/C17H25BN2/c1-2-19-15-18(14-17-6-4-3-5-7-17)20-11-8-16(9-12-20)10-13-20/h3-7,16H,2,8-14H2,1H3/q+1. The molecule has 4 rings (SSSR count). The highest BCUT2D eigenvalue weighted by Crippen LogP contribution is 2.35. The molecule has 0 spiro atoms. The van der Waals surface area contributed by atoms with E-state index >= 15 is 0 Å². The van der Waals surface area contributed by atoms with Crippen molar-refractivity contribution < 1.29 is 4.39 Å². The van der Waals surface area contributed by atoms with E-state index in [9.17, 15) is 0 Å². The van der Waals surface area contributed by atoms with Gasteiger partial charge in [0.15, 0.2) is 0 Å². The molecule has 1 radical (unpaired) electrons. The zero-order valence-electron chi connectivity index (χ0n) is 12.6. The minimum atomic E-state index is 0.457. The maximum Gasteiger partial charge on any atom is 0.312 e. The predicted molar refractivity (Wildman–Crippen MR) is 85.9 cm³/mol. The average Bonchev–Trinajstić information content (AvgIpc) is 2.54. The predicted octanol–water partition coefficient (Wildman–Crippen LogP) is 3.28. The molecular weight excluding hydrogens is 243 g/mol. The largest absolute Gasteiger partial charge is 0.521 e. The van der Waals surface area contributed by atoms with Crippen LogP contribution < -0.4 is 0 Å². The Morgan fingerprint density at radius 2 is 1.80 bits per heavy atom. The van der Waals surface area contributed by atoms with Crippen molar-refractivity contribution in [3.05, 3.63) is 40.7 Å². The average molecular weight is 268 g/mol. The third-order valence-electron chi connectivity index (χ3n) is 5.28. The van der Waals surface area contributed by atoms with Gasteiger partial charge in [-0.2, -0.15) is 0 Å². The van der Waals surface area contributed by atoms with Gasteiger partial charge >= 0.3 is 6.85 Å². The van der Waals surface area contributed by atoms with E-state index in [1.165, 1.54) is 48.9 Å². The van der Waals surface area contributed by atoms with Gasteiger partial charge in [0.1, 0.15) is 0 Å². The van der Waals surface area contributed by atoms with E-state index in [-0.39, 0.29) is 0 Å². The Kier molecular flexibility index (Phi) is 4.12.